The first-order chi connectivity index (χ1) is 25.0. The van der Waals surface area contributed by atoms with Gasteiger partial charge in [-0.2, -0.15) is 0 Å². The number of ether oxygens (including phenoxy) is 3. The fourth-order valence-electron chi connectivity index (χ4n) is 8.14. The van der Waals surface area contributed by atoms with Crippen molar-refractivity contribution in [1.82, 2.24) is 4.90 Å². The van der Waals surface area contributed by atoms with Gasteiger partial charge in [0, 0.05) is 37.7 Å². The van der Waals surface area contributed by atoms with E-state index in [1.54, 1.807) is 48.2 Å². The first-order valence-electron chi connectivity index (χ1n) is 18.6. The summed E-state index contributed by atoms with van der Waals surface area (Å²) in [5.74, 6) is -1.95. The average molecular weight is 723 g/mol. The molecule has 6 atom stereocenters. The SMILES string of the molecule is C=CCOC12Oc3ccc(O)cc3C3C(CCCCO)C(CCCCO)C=C(C(=NOC(C)(C)C)CC1N(Cc1ccc(F)cc1)C(=O)OCC)C32. The van der Waals surface area contributed by atoms with Gasteiger partial charge in [-0.3, -0.25) is 4.90 Å². The van der Waals surface area contributed by atoms with Gasteiger partial charge < -0.3 is 34.4 Å². The summed E-state index contributed by atoms with van der Waals surface area (Å²) in [6.07, 6.45) is 7.98. The van der Waals surface area contributed by atoms with Crippen LogP contribution in [0.25, 0.3) is 0 Å². The smallest absolute Gasteiger partial charge is 0.410 e. The summed E-state index contributed by atoms with van der Waals surface area (Å²) in [7, 11) is 0. The number of nitrogens with zero attached hydrogens (tertiary/aromatic N) is 2. The number of aromatic hydroxyl groups is 1. The molecule has 0 bridgehead atoms. The molecule has 0 radical (unpaired) electrons. The van der Waals surface area contributed by atoms with Crippen molar-refractivity contribution in [2.45, 2.75) is 103 Å². The summed E-state index contributed by atoms with van der Waals surface area (Å²) in [5, 5.41) is 35.2. The zero-order chi connectivity index (χ0) is 37.5. The summed E-state index contributed by atoms with van der Waals surface area (Å²) < 4.78 is 33.7. The van der Waals surface area contributed by atoms with Crippen molar-refractivity contribution in [1.29, 1.82) is 0 Å². The van der Waals surface area contributed by atoms with Gasteiger partial charge in [0.25, 0.3) is 0 Å². The zero-order valence-corrected chi connectivity index (χ0v) is 30.9. The van der Waals surface area contributed by atoms with E-state index in [9.17, 15) is 24.5 Å². The number of carbonyl (C=O) groups excluding carboxylic acids is 1. The van der Waals surface area contributed by atoms with E-state index in [2.05, 4.69) is 12.7 Å². The highest BCUT2D eigenvalue weighted by Gasteiger charge is 2.65. The highest BCUT2D eigenvalue weighted by atomic mass is 19.1. The van der Waals surface area contributed by atoms with E-state index in [4.69, 9.17) is 24.2 Å². The molecule has 11 heteroatoms. The molecule has 3 aliphatic rings. The maximum Gasteiger partial charge on any atom is 0.410 e. The van der Waals surface area contributed by atoms with E-state index in [0.29, 0.717) is 29.9 Å². The topological polar surface area (TPSA) is 130 Å². The normalized spacial score (nSPS) is 25.7. The van der Waals surface area contributed by atoms with Crippen LogP contribution in [-0.4, -0.2) is 75.9 Å². The molecule has 3 N–H and O–H groups in total. The minimum Gasteiger partial charge on any atom is -0.508 e. The Balaban J connectivity index is 1.80. The van der Waals surface area contributed by atoms with Crippen molar-refractivity contribution < 1.29 is 43.6 Å². The molecular formula is C41H55FN2O8. The van der Waals surface area contributed by atoms with Gasteiger partial charge in [-0.25, -0.2) is 9.18 Å². The van der Waals surface area contributed by atoms with E-state index in [0.717, 1.165) is 36.8 Å². The van der Waals surface area contributed by atoms with Gasteiger partial charge >= 0.3 is 6.09 Å². The fraction of sp³-hybridized carbons (Fsp3) is 0.561. The Morgan fingerprint density at radius 1 is 1.10 bits per heavy atom. The van der Waals surface area contributed by atoms with Crippen LogP contribution in [0, 0.1) is 23.6 Å². The molecule has 6 unspecified atom stereocenters. The van der Waals surface area contributed by atoms with Crippen LogP contribution in [0.5, 0.6) is 11.5 Å². The Morgan fingerprint density at radius 2 is 1.81 bits per heavy atom. The Hall–Kier alpha value is -3.93. The number of aliphatic hydroxyl groups is 2. The number of aliphatic hydroxyl groups excluding tert-OH is 2. The zero-order valence-electron chi connectivity index (χ0n) is 30.9. The largest absolute Gasteiger partial charge is 0.508 e. The number of fused-ring (bicyclic) bond motifs is 2. The van der Waals surface area contributed by atoms with E-state index < -0.39 is 29.4 Å². The maximum atomic E-state index is 14.1. The first-order valence-corrected chi connectivity index (χ1v) is 18.6. The number of unbranched alkanes of at least 4 members (excludes halogenated alkanes) is 2. The Morgan fingerprint density at radius 3 is 2.46 bits per heavy atom. The molecule has 1 fully saturated rings. The molecule has 0 spiro atoms. The molecule has 1 amide bonds. The second-order valence-corrected chi connectivity index (χ2v) is 15.0. The molecule has 10 nitrogen and oxygen atoms in total. The lowest BCUT2D eigenvalue weighted by Gasteiger charge is -2.59. The second kappa shape index (κ2) is 17.3. The number of allylic oxidation sites excluding steroid dienone is 1. The minimum absolute atomic E-state index is 0.0202. The molecule has 1 heterocycles. The Kier molecular flexibility index (Phi) is 13.0. The third-order valence-corrected chi connectivity index (χ3v) is 10.2. The number of phenols is 1. The lowest BCUT2D eigenvalue weighted by atomic mass is 9.55. The van der Waals surface area contributed by atoms with E-state index >= 15 is 0 Å². The van der Waals surface area contributed by atoms with Crippen LogP contribution >= 0.6 is 0 Å². The standard InChI is InChI=1S/C41H55FN2O8/c1-6-22-50-41-36(44(39(48)49-7-2)26-27-14-16-29(42)17-15-27)25-34(43-52-40(3,4)5)32-23-28(12-8-10-20-45)31(13-9-11-21-46)37(38(32)41)33-24-30(47)18-19-35(33)51-41/h6,14-19,23-24,28,31,36-38,45-47H,1,7-13,20-22,25-26H2,2-5H3. The summed E-state index contributed by atoms with van der Waals surface area (Å²) in [6.45, 7) is 11.9. The summed E-state index contributed by atoms with van der Waals surface area (Å²) in [4.78, 5) is 21.9. The van der Waals surface area contributed by atoms with Crippen molar-refractivity contribution in [3.63, 3.8) is 0 Å². The number of oxime groups is 1. The molecule has 2 aliphatic carbocycles. The quantitative estimate of drug-likeness (QED) is 0.0917. The number of hydrogen-bond donors (Lipinski definition) is 3. The maximum absolute atomic E-state index is 14.1. The van der Waals surface area contributed by atoms with Gasteiger partial charge in [0.1, 0.15) is 29.0 Å². The van der Waals surface area contributed by atoms with Gasteiger partial charge in [0.15, 0.2) is 0 Å². The van der Waals surface area contributed by atoms with Crippen molar-refractivity contribution in [2.24, 2.45) is 22.9 Å². The molecule has 284 valence electrons. The van der Waals surface area contributed by atoms with E-state index in [-0.39, 0.29) is 68.7 Å². The molecule has 52 heavy (non-hydrogen) atoms. The highest BCUT2D eigenvalue weighted by Crippen LogP contribution is 2.62. The Bertz CT molecular complexity index is 1590. The van der Waals surface area contributed by atoms with Crippen LogP contribution in [0.2, 0.25) is 0 Å². The van der Waals surface area contributed by atoms with Gasteiger partial charge in [0.2, 0.25) is 5.79 Å². The molecule has 0 aromatic heterocycles. The predicted molar refractivity (Wildman–Crippen MR) is 196 cm³/mol. The second-order valence-electron chi connectivity index (χ2n) is 15.0. The van der Waals surface area contributed by atoms with Crippen LogP contribution < -0.4 is 4.74 Å². The molecule has 1 saturated carbocycles. The summed E-state index contributed by atoms with van der Waals surface area (Å²) >= 11 is 0. The predicted octanol–water partition coefficient (Wildman–Crippen LogP) is 7.62. The minimum atomic E-state index is -1.48. The number of hydrogen-bond acceptors (Lipinski definition) is 9. The molecular weight excluding hydrogens is 667 g/mol. The fourth-order valence-corrected chi connectivity index (χ4v) is 8.14. The van der Waals surface area contributed by atoms with Crippen LogP contribution in [0.3, 0.4) is 0 Å². The van der Waals surface area contributed by atoms with Crippen molar-refractivity contribution in [3.05, 3.63) is 83.7 Å². The van der Waals surface area contributed by atoms with Gasteiger partial charge in [-0.15, -0.1) is 6.58 Å². The number of rotatable bonds is 16. The van der Waals surface area contributed by atoms with Crippen LogP contribution in [-0.2, 0) is 20.9 Å². The van der Waals surface area contributed by atoms with Crippen LogP contribution in [0.1, 0.15) is 89.7 Å². The lowest BCUT2D eigenvalue weighted by molar-refractivity contribution is -0.256. The molecule has 0 saturated heterocycles. The highest BCUT2D eigenvalue weighted by molar-refractivity contribution is 6.03. The first kappa shape index (κ1) is 39.3. The molecule has 5 rings (SSSR count). The average Bonchev–Trinajstić information content (AvgIpc) is 3.11. The monoisotopic (exact) mass is 722 g/mol. The Labute approximate surface area is 306 Å². The lowest BCUT2D eigenvalue weighted by Crippen LogP contribution is -2.70. The number of carbonyl (C=O) groups is 1. The van der Waals surface area contributed by atoms with Gasteiger partial charge in [-0.1, -0.05) is 42.3 Å². The van der Waals surface area contributed by atoms with Gasteiger partial charge in [-0.05, 0) is 107 Å². The van der Waals surface area contributed by atoms with Crippen molar-refractivity contribution >= 4 is 11.8 Å². The number of halogens is 1. The molecule has 1 aliphatic heterocycles. The summed E-state index contributed by atoms with van der Waals surface area (Å²) in [5.41, 5.74) is 2.43. The van der Waals surface area contributed by atoms with Crippen LogP contribution in [0.15, 0.2) is 71.9 Å². The van der Waals surface area contributed by atoms with Crippen molar-refractivity contribution in [2.75, 3.05) is 26.4 Å². The van der Waals surface area contributed by atoms with E-state index in [1.165, 1.54) is 12.1 Å². The van der Waals surface area contributed by atoms with E-state index in [1.807, 2.05) is 20.8 Å². The third-order valence-electron chi connectivity index (χ3n) is 10.2. The number of phenolic OH excluding ortho intramolecular Hbond substituents is 1. The van der Waals surface area contributed by atoms with Gasteiger partial charge in [0.05, 0.1) is 24.8 Å². The summed E-state index contributed by atoms with van der Waals surface area (Å²) in [6, 6.07) is 10.3. The third kappa shape index (κ3) is 8.64. The molecule has 2 aromatic rings. The molecule has 2 aromatic carbocycles. The van der Waals surface area contributed by atoms with Crippen LogP contribution in [0.4, 0.5) is 9.18 Å². The van der Waals surface area contributed by atoms with Crippen molar-refractivity contribution in [3.8, 4) is 11.5 Å². The number of benzene rings is 2. The number of amides is 1.